The van der Waals surface area contributed by atoms with Gasteiger partial charge in [-0.1, -0.05) is 0 Å². The van der Waals surface area contributed by atoms with Crippen LogP contribution < -0.4 is 10.6 Å². The van der Waals surface area contributed by atoms with Gasteiger partial charge in [-0.05, 0) is 26.7 Å². The Labute approximate surface area is 142 Å². The van der Waals surface area contributed by atoms with Crippen LogP contribution in [0.3, 0.4) is 0 Å². The predicted molar refractivity (Wildman–Crippen MR) is 85.1 cm³/mol. The van der Waals surface area contributed by atoms with Crippen molar-refractivity contribution in [1.82, 2.24) is 10.6 Å². The largest absolute Gasteiger partial charge is 0.351 e. The Morgan fingerprint density at radius 1 is 1.12 bits per heavy atom. The van der Waals surface area contributed by atoms with E-state index in [1.807, 2.05) is 13.8 Å². The van der Waals surface area contributed by atoms with Gasteiger partial charge in [0.2, 0.25) is 0 Å². The first-order chi connectivity index (χ1) is 11.6. The van der Waals surface area contributed by atoms with Crippen molar-refractivity contribution in [2.45, 2.75) is 57.7 Å². The molecule has 0 unspecified atom stereocenters. The minimum Gasteiger partial charge on any atom is -0.351 e. The fourth-order valence-electron chi connectivity index (χ4n) is 2.97. The van der Waals surface area contributed by atoms with Crippen LogP contribution in [0.4, 0.5) is 0 Å². The summed E-state index contributed by atoms with van der Waals surface area (Å²) in [5.41, 5.74) is 0. The lowest BCUT2D eigenvalue weighted by atomic mass is 10.2. The number of ether oxygens (including phenoxy) is 4. The second-order valence-corrected chi connectivity index (χ2v) is 5.93. The predicted octanol–water partition coefficient (Wildman–Crippen LogP) is 0.304. The van der Waals surface area contributed by atoms with Gasteiger partial charge >= 0.3 is 11.8 Å². The van der Waals surface area contributed by atoms with E-state index in [-0.39, 0.29) is 19.2 Å². The molecule has 1 aliphatic heterocycles. The third kappa shape index (κ3) is 5.41. The topological polar surface area (TPSA) is 95.1 Å². The van der Waals surface area contributed by atoms with E-state index in [4.69, 9.17) is 18.9 Å². The van der Waals surface area contributed by atoms with E-state index >= 15 is 0 Å². The average Bonchev–Trinajstić information content (AvgIpc) is 3.20. The summed E-state index contributed by atoms with van der Waals surface area (Å²) in [6.07, 6.45) is 3.23. The molecule has 2 rings (SSSR count). The number of hydrogen-bond acceptors (Lipinski definition) is 6. The van der Waals surface area contributed by atoms with Crippen LogP contribution >= 0.6 is 0 Å². The smallest absolute Gasteiger partial charge is 0.309 e. The molecule has 1 atom stereocenters. The van der Waals surface area contributed by atoms with Crippen LogP contribution in [-0.4, -0.2) is 62.9 Å². The monoisotopic (exact) mass is 344 g/mol. The summed E-state index contributed by atoms with van der Waals surface area (Å²) < 4.78 is 22.2. The second-order valence-electron chi connectivity index (χ2n) is 5.93. The van der Waals surface area contributed by atoms with Crippen LogP contribution in [0, 0.1) is 0 Å². The van der Waals surface area contributed by atoms with Gasteiger partial charge in [-0.2, -0.15) is 0 Å². The van der Waals surface area contributed by atoms with Crippen molar-refractivity contribution in [2.24, 2.45) is 0 Å². The molecule has 2 fully saturated rings. The maximum atomic E-state index is 11.8. The van der Waals surface area contributed by atoms with E-state index in [0.29, 0.717) is 19.8 Å². The van der Waals surface area contributed by atoms with E-state index in [2.05, 4.69) is 10.6 Å². The van der Waals surface area contributed by atoms with Crippen LogP contribution in [0.15, 0.2) is 0 Å². The van der Waals surface area contributed by atoms with Gasteiger partial charge in [0.1, 0.15) is 6.10 Å². The van der Waals surface area contributed by atoms with Crippen molar-refractivity contribution in [3.8, 4) is 0 Å². The van der Waals surface area contributed by atoms with Crippen molar-refractivity contribution < 1.29 is 28.5 Å². The van der Waals surface area contributed by atoms with Crippen molar-refractivity contribution >= 4 is 11.8 Å². The van der Waals surface area contributed by atoms with Gasteiger partial charge in [-0.15, -0.1) is 0 Å². The molecule has 0 radical (unpaired) electrons. The third-order valence-electron chi connectivity index (χ3n) is 4.11. The molecular formula is C16H28N2O6. The maximum Gasteiger partial charge on any atom is 0.309 e. The van der Waals surface area contributed by atoms with E-state index in [9.17, 15) is 9.59 Å². The lowest BCUT2D eigenvalue weighted by Gasteiger charge is -2.22. The second kappa shape index (κ2) is 9.31. The maximum absolute atomic E-state index is 11.8. The molecule has 2 amide bonds. The Kier molecular flexibility index (Phi) is 7.41. The van der Waals surface area contributed by atoms with Crippen molar-refractivity contribution in [3.05, 3.63) is 0 Å². The highest BCUT2D eigenvalue weighted by molar-refractivity contribution is 6.35. The molecule has 1 heterocycles. The Bertz CT molecular complexity index is 419. The number of nitrogens with one attached hydrogen (secondary N) is 2. The molecule has 1 saturated carbocycles. The van der Waals surface area contributed by atoms with Crippen molar-refractivity contribution in [1.29, 1.82) is 0 Å². The summed E-state index contributed by atoms with van der Waals surface area (Å²) in [6.45, 7) is 5.43. The quantitative estimate of drug-likeness (QED) is 0.486. The number of rotatable bonds is 8. The van der Waals surface area contributed by atoms with Crippen molar-refractivity contribution in [2.75, 3.05) is 32.9 Å². The highest BCUT2D eigenvalue weighted by Gasteiger charge is 2.43. The summed E-state index contributed by atoms with van der Waals surface area (Å²) in [5, 5.41) is 5.08. The Morgan fingerprint density at radius 2 is 1.75 bits per heavy atom. The van der Waals surface area contributed by atoms with E-state index in [0.717, 1.165) is 25.7 Å². The van der Waals surface area contributed by atoms with Gasteiger partial charge in [0.15, 0.2) is 12.1 Å². The third-order valence-corrected chi connectivity index (χ3v) is 4.11. The summed E-state index contributed by atoms with van der Waals surface area (Å²) in [7, 11) is 0. The molecule has 1 aliphatic carbocycles. The van der Waals surface area contributed by atoms with Crippen LogP contribution in [0.5, 0.6) is 0 Å². The lowest BCUT2D eigenvalue weighted by molar-refractivity contribution is -0.161. The number of amides is 2. The molecule has 0 aromatic rings. The molecule has 2 aliphatic rings. The normalized spacial score (nSPS) is 22.2. The molecule has 0 aromatic carbocycles. The first kappa shape index (κ1) is 19.1. The summed E-state index contributed by atoms with van der Waals surface area (Å²) >= 11 is 0. The van der Waals surface area contributed by atoms with Gasteiger partial charge in [0, 0.05) is 32.6 Å². The molecule has 138 valence electrons. The first-order valence-corrected chi connectivity index (χ1v) is 8.69. The molecule has 8 heteroatoms. The molecular weight excluding hydrogens is 316 g/mol. The average molecular weight is 344 g/mol. The zero-order valence-corrected chi connectivity index (χ0v) is 14.5. The van der Waals surface area contributed by atoms with Crippen LogP contribution in [-0.2, 0) is 28.5 Å². The summed E-state index contributed by atoms with van der Waals surface area (Å²) in [4.78, 5) is 23.6. The van der Waals surface area contributed by atoms with Crippen molar-refractivity contribution in [3.63, 3.8) is 0 Å². The van der Waals surface area contributed by atoms with Gasteiger partial charge in [0.05, 0.1) is 13.2 Å². The SMILES string of the molecule is CCOC(CNC(=O)C(=O)NC[C@H]1COC2(CCCC2)O1)OCC. The number of hydrogen-bond donors (Lipinski definition) is 2. The molecule has 2 N–H and O–H groups in total. The Balaban J connectivity index is 1.65. The Morgan fingerprint density at radius 3 is 2.38 bits per heavy atom. The molecule has 8 nitrogen and oxygen atoms in total. The molecule has 0 bridgehead atoms. The van der Waals surface area contributed by atoms with Gasteiger partial charge in [-0.3, -0.25) is 9.59 Å². The Hall–Kier alpha value is -1.22. The molecule has 1 saturated heterocycles. The van der Waals surface area contributed by atoms with Crippen LogP contribution in [0.25, 0.3) is 0 Å². The molecule has 24 heavy (non-hydrogen) atoms. The lowest BCUT2D eigenvalue weighted by Crippen LogP contribution is -2.46. The summed E-state index contributed by atoms with van der Waals surface area (Å²) in [6, 6.07) is 0. The molecule has 1 spiro atoms. The number of carbonyl (C=O) groups is 2. The zero-order chi connectivity index (χ0) is 17.4. The minimum absolute atomic E-state index is 0.125. The van der Waals surface area contributed by atoms with Gasteiger partial charge in [0.25, 0.3) is 0 Å². The zero-order valence-electron chi connectivity index (χ0n) is 14.5. The highest BCUT2D eigenvalue weighted by atomic mass is 16.7. The van der Waals surface area contributed by atoms with E-state index in [1.54, 1.807) is 0 Å². The number of carbonyl (C=O) groups excluding carboxylic acids is 2. The fraction of sp³-hybridized carbons (Fsp3) is 0.875. The highest BCUT2D eigenvalue weighted by Crippen LogP contribution is 2.38. The van der Waals surface area contributed by atoms with Crippen LogP contribution in [0.2, 0.25) is 0 Å². The first-order valence-electron chi connectivity index (χ1n) is 8.69. The van der Waals surface area contributed by atoms with Gasteiger partial charge in [-0.25, -0.2) is 0 Å². The minimum atomic E-state index is -0.714. The fourth-order valence-corrected chi connectivity index (χ4v) is 2.97. The standard InChI is InChI=1S/C16H28N2O6/c1-3-21-13(22-4-2)10-18-15(20)14(19)17-9-12-11-23-16(24-12)7-5-6-8-16/h12-13H,3-11H2,1-2H3,(H,17,19)(H,18,20)/t12-/m0/s1. The molecule has 0 aromatic heterocycles. The van der Waals surface area contributed by atoms with Gasteiger partial charge < -0.3 is 29.6 Å². The van der Waals surface area contributed by atoms with Crippen LogP contribution in [0.1, 0.15) is 39.5 Å². The van der Waals surface area contributed by atoms with E-state index < -0.39 is 23.9 Å². The summed E-state index contributed by atoms with van der Waals surface area (Å²) in [5.74, 6) is -1.87. The van der Waals surface area contributed by atoms with E-state index in [1.165, 1.54) is 0 Å².